The van der Waals surface area contributed by atoms with Gasteiger partial charge in [0.15, 0.2) is 0 Å². The van der Waals surface area contributed by atoms with E-state index in [-0.39, 0.29) is 5.56 Å². The van der Waals surface area contributed by atoms with E-state index in [0.29, 0.717) is 6.61 Å². The van der Waals surface area contributed by atoms with Gasteiger partial charge in [-0.2, -0.15) is 0 Å². The van der Waals surface area contributed by atoms with Gasteiger partial charge in [-0.05, 0) is 62.2 Å². The highest BCUT2D eigenvalue weighted by atomic mass is 16.5. The second-order valence-corrected chi connectivity index (χ2v) is 5.89. The van der Waals surface area contributed by atoms with Crippen LogP contribution in [-0.2, 0) is 0 Å². The lowest BCUT2D eigenvalue weighted by Crippen LogP contribution is -1.95. The third-order valence-electron chi connectivity index (χ3n) is 3.49. The van der Waals surface area contributed by atoms with Gasteiger partial charge in [-0.3, -0.25) is 0 Å². The van der Waals surface area contributed by atoms with Crippen molar-refractivity contribution in [3.05, 3.63) is 77.4 Å². The highest BCUT2D eigenvalue weighted by molar-refractivity contribution is 5.88. The summed E-state index contributed by atoms with van der Waals surface area (Å²) < 4.78 is 5.72. The number of ether oxygens (including phenoxy) is 1. The molecule has 24 heavy (non-hydrogen) atoms. The summed E-state index contributed by atoms with van der Waals surface area (Å²) in [5.41, 5.74) is 4.74. The maximum Gasteiger partial charge on any atom is 0.335 e. The van der Waals surface area contributed by atoms with Crippen LogP contribution in [0.4, 0.5) is 0 Å². The Hall–Kier alpha value is -2.81. The zero-order chi connectivity index (χ0) is 17.5. The zero-order valence-electron chi connectivity index (χ0n) is 14.2. The number of carbonyl (C=O) groups is 1. The van der Waals surface area contributed by atoms with Crippen molar-refractivity contribution in [2.24, 2.45) is 0 Å². The summed E-state index contributed by atoms with van der Waals surface area (Å²) in [6, 6.07) is 14.6. The molecular weight excluding hydrogens is 300 g/mol. The average molecular weight is 322 g/mol. The Kier molecular flexibility index (Phi) is 5.96. The van der Waals surface area contributed by atoms with Crippen molar-refractivity contribution in [2.75, 3.05) is 6.61 Å². The predicted molar refractivity (Wildman–Crippen MR) is 97.5 cm³/mol. The molecule has 0 aliphatic rings. The van der Waals surface area contributed by atoms with Crippen LogP contribution in [0, 0.1) is 0 Å². The topological polar surface area (TPSA) is 46.5 Å². The van der Waals surface area contributed by atoms with Crippen molar-refractivity contribution in [3.63, 3.8) is 0 Å². The molecule has 0 amide bonds. The van der Waals surface area contributed by atoms with Crippen LogP contribution in [0.5, 0.6) is 5.75 Å². The van der Waals surface area contributed by atoms with E-state index < -0.39 is 5.97 Å². The summed E-state index contributed by atoms with van der Waals surface area (Å²) >= 11 is 0. The van der Waals surface area contributed by atoms with E-state index in [9.17, 15) is 4.79 Å². The van der Waals surface area contributed by atoms with Crippen molar-refractivity contribution in [1.82, 2.24) is 0 Å². The first-order valence-electron chi connectivity index (χ1n) is 7.84. The number of rotatable bonds is 6. The van der Waals surface area contributed by atoms with Gasteiger partial charge < -0.3 is 9.84 Å². The van der Waals surface area contributed by atoms with Crippen LogP contribution < -0.4 is 4.74 Å². The first-order valence-corrected chi connectivity index (χ1v) is 7.84. The van der Waals surface area contributed by atoms with Gasteiger partial charge in [0.2, 0.25) is 0 Å². The molecule has 124 valence electrons. The smallest absolute Gasteiger partial charge is 0.335 e. The number of carboxylic acid groups (broad SMARTS) is 1. The van der Waals surface area contributed by atoms with Gasteiger partial charge >= 0.3 is 5.97 Å². The Morgan fingerprint density at radius 2 is 1.50 bits per heavy atom. The number of aromatic carboxylic acids is 1. The van der Waals surface area contributed by atoms with Crippen molar-refractivity contribution in [1.29, 1.82) is 0 Å². The summed E-state index contributed by atoms with van der Waals surface area (Å²) in [6.45, 7) is 6.72. The molecule has 2 rings (SSSR count). The zero-order valence-corrected chi connectivity index (χ0v) is 14.2. The van der Waals surface area contributed by atoms with Crippen LogP contribution in [-0.4, -0.2) is 17.7 Å². The van der Waals surface area contributed by atoms with E-state index in [1.165, 1.54) is 11.1 Å². The summed E-state index contributed by atoms with van der Waals surface area (Å²) in [5.74, 6) is -0.107. The largest absolute Gasteiger partial charge is 0.490 e. The Bertz CT molecular complexity index is 747. The molecule has 0 bridgehead atoms. The van der Waals surface area contributed by atoms with Crippen molar-refractivity contribution >= 4 is 5.97 Å². The van der Waals surface area contributed by atoms with Gasteiger partial charge in [0.1, 0.15) is 12.4 Å². The maximum atomic E-state index is 10.9. The van der Waals surface area contributed by atoms with E-state index in [4.69, 9.17) is 9.84 Å². The number of allylic oxidation sites excluding steroid dienone is 3. The summed E-state index contributed by atoms with van der Waals surface area (Å²) in [5, 5.41) is 8.93. The van der Waals surface area contributed by atoms with Gasteiger partial charge in [0.05, 0.1) is 5.56 Å². The van der Waals surface area contributed by atoms with Gasteiger partial charge in [0, 0.05) is 0 Å². The molecule has 0 atom stereocenters. The van der Waals surface area contributed by atoms with E-state index in [2.05, 4.69) is 26.8 Å². The molecule has 3 heteroatoms. The van der Waals surface area contributed by atoms with Gasteiger partial charge in [-0.15, -0.1) is 0 Å². The molecule has 0 radical (unpaired) electrons. The molecule has 0 aliphatic carbocycles. The summed E-state index contributed by atoms with van der Waals surface area (Å²) in [6.07, 6.45) is 4.17. The first-order chi connectivity index (χ1) is 11.5. The highest BCUT2D eigenvalue weighted by Crippen LogP contribution is 2.23. The molecule has 0 heterocycles. The van der Waals surface area contributed by atoms with Gasteiger partial charge in [-0.1, -0.05) is 41.5 Å². The summed E-state index contributed by atoms with van der Waals surface area (Å²) in [4.78, 5) is 10.9. The Morgan fingerprint density at radius 3 is 2.00 bits per heavy atom. The number of carboxylic acids is 1. The molecule has 0 spiro atoms. The second kappa shape index (κ2) is 8.16. The van der Waals surface area contributed by atoms with Crippen molar-refractivity contribution in [2.45, 2.75) is 20.8 Å². The van der Waals surface area contributed by atoms with Crippen LogP contribution in [0.25, 0.3) is 11.1 Å². The Labute approximate surface area is 142 Å². The molecule has 1 N–H and O–H groups in total. The van der Waals surface area contributed by atoms with E-state index in [1.807, 2.05) is 42.5 Å². The molecule has 0 aromatic heterocycles. The van der Waals surface area contributed by atoms with Crippen LogP contribution in [0.3, 0.4) is 0 Å². The second-order valence-electron chi connectivity index (χ2n) is 5.89. The molecule has 3 nitrogen and oxygen atoms in total. The lowest BCUT2D eigenvalue weighted by atomic mass is 10.0. The average Bonchev–Trinajstić information content (AvgIpc) is 2.55. The van der Waals surface area contributed by atoms with Crippen molar-refractivity contribution in [3.8, 4) is 16.9 Å². The maximum absolute atomic E-state index is 10.9. The molecular formula is C21H22O3. The Morgan fingerprint density at radius 1 is 0.958 bits per heavy atom. The van der Waals surface area contributed by atoms with E-state index in [0.717, 1.165) is 16.9 Å². The summed E-state index contributed by atoms with van der Waals surface area (Å²) in [7, 11) is 0. The highest BCUT2D eigenvalue weighted by Gasteiger charge is 2.03. The van der Waals surface area contributed by atoms with Crippen LogP contribution in [0.1, 0.15) is 31.1 Å². The van der Waals surface area contributed by atoms with Crippen LogP contribution >= 0.6 is 0 Å². The predicted octanol–water partition coefficient (Wildman–Crippen LogP) is 5.34. The third kappa shape index (κ3) is 5.13. The molecule has 0 saturated heterocycles. The van der Waals surface area contributed by atoms with E-state index >= 15 is 0 Å². The number of hydrogen-bond acceptors (Lipinski definition) is 2. The minimum absolute atomic E-state index is 0.289. The number of hydrogen-bond donors (Lipinski definition) is 1. The Balaban J connectivity index is 2.00. The molecule has 0 aliphatic heterocycles. The van der Waals surface area contributed by atoms with Crippen molar-refractivity contribution < 1.29 is 14.6 Å². The quantitative estimate of drug-likeness (QED) is 0.730. The molecule has 2 aromatic carbocycles. The third-order valence-corrected chi connectivity index (χ3v) is 3.49. The molecule has 0 saturated carbocycles. The van der Waals surface area contributed by atoms with E-state index in [1.54, 1.807) is 12.1 Å². The molecule has 0 fully saturated rings. The lowest BCUT2D eigenvalue weighted by Gasteiger charge is -2.06. The van der Waals surface area contributed by atoms with Gasteiger partial charge in [0.25, 0.3) is 0 Å². The van der Waals surface area contributed by atoms with Crippen LogP contribution in [0.15, 0.2) is 71.8 Å². The standard InChI is InChI=1S/C21H22O3/c1-15(2)14-16(3)12-13-24-20-10-8-18(9-11-20)17-4-6-19(7-5-17)21(22)23/h4-12,14H,13H2,1-3H3,(H,22,23)/b16-12+. The first kappa shape index (κ1) is 17.5. The monoisotopic (exact) mass is 322 g/mol. The minimum atomic E-state index is -0.915. The fraction of sp³-hybridized carbons (Fsp3) is 0.190. The van der Waals surface area contributed by atoms with Gasteiger partial charge in [-0.25, -0.2) is 4.79 Å². The molecule has 2 aromatic rings. The fourth-order valence-corrected chi connectivity index (χ4v) is 2.33. The lowest BCUT2D eigenvalue weighted by molar-refractivity contribution is 0.0697. The number of benzene rings is 2. The normalized spacial score (nSPS) is 11.0. The fourth-order valence-electron chi connectivity index (χ4n) is 2.33. The van der Waals surface area contributed by atoms with Crippen LogP contribution in [0.2, 0.25) is 0 Å². The minimum Gasteiger partial charge on any atom is -0.490 e. The SMILES string of the molecule is CC(C)=C/C(C)=C/COc1ccc(-c2ccc(C(=O)O)cc2)cc1. The molecule has 0 unspecified atom stereocenters.